The molecule has 2 unspecified atom stereocenters. The normalized spacial score (nSPS) is 18.3. The van der Waals surface area contributed by atoms with Crippen LogP contribution in [0.25, 0.3) is 22.2 Å². The molecule has 0 bridgehead atoms. The number of ether oxygens (including phenoxy) is 1. The quantitative estimate of drug-likeness (QED) is 0.131. The van der Waals surface area contributed by atoms with Gasteiger partial charge in [0, 0.05) is 21.5 Å². The van der Waals surface area contributed by atoms with Gasteiger partial charge in [-0.05, 0) is 68.3 Å². The van der Waals surface area contributed by atoms with Crippen molar-refractivity contribution in [3.8, 4) is 11.3 Å². The number of nitrogens with zero attached hydrogens (tertiary/aromatic N) is 2. The van der Waals surface area contributed by atoms with Gasteiger partial charge in [-0.1, -0.05) is 59.8 Å². The van der Waals surface area contributed by atoms with Gasteiger partial charge >= 0.3 is 5.97 Å². The molecule has 4 aromatic rings. The van der Waals surface area contributed by atoms with E-state index in [-0.39, 0.29) is 39.8 Å². The Labute approximate surface area is 252 Å². The van der Waals surface area contributed by atoms with Crippen LogP contribution >= 0.6 is 23.2 Å². The SMILES string of the molecule is Cc1ccc2nc(-c3ccc(N4C(=O)C5CCCCC5C4=O)cc3)cc(C(=O)OCC(=O)c3ccc(Cl)cc3Cl)c2c1. The molecule has 7 nitrogen and oxygen atoms in total. The Morgan fingerprint density at radius 2 is 1.57 bits per heavy atom. The molecule has 2 aliphatic rings. The maximum Gasteiger partial charge on any atom is 0.339 e. The summed E-state index contributed by atoms with van der Waals surface area (Å²) < 4.78 is 5.44. The lowest BCUT2D eigenvalue weighted by Crippen LogP contribution is -2.30. The Bertz CT molecular complexity index is 1740. The summed E-state index contributed by atoms with van der Waals surface area (Å²) in [7, 11) is 0. The molecule has 6 rings (SSSR count). The Kier molecular flexibility index (Phi) is 7.56. The standard InChI is InChI=1S/C33H26Cl2N2O5/c1-18-6-13-28-25(14-18)26(33(41)42-17-30(38)24-12-9-20(34)15-27(24)35)16-29(36-28)19-7-10-21(11-8-19)37-31(39)22-4-2-3-5-23(22)32(37)40/h6-16,22-23H,2-5,17H2,1H3. The van der Waals surface area contributed by atoms with Gasteiger partial charge in [0.25, 0.3) is 0 Å². The highest BCUT2D eigenvalue weighted by Gasteiger charge is 2.48. The molecule has 1 aliphatic heterocycles. The summed E-state index contributed by atoms with van der Waals surface area (Å²) in [5, 5.41) is 1.16. The number of imide groups is 1. The molecule has 1 saturated heterocycles. The zero-order valence-electron chi connectivity index (χ0n) is 22.7. The highest BCUT2D eigenvalue weighted by Crippen LogP contribution is 2.40. The monoisotopic (exact) mass is 600 g/mol. The first-order chi connectivity index (χ1) is 20.2. The van der Waals surface area contributed by atoms with Crippen molar-refractivity contribution >= 4 is 63.4 Å². The molecule has 0 radical (unpaired) electrons. The molecule has 42 heavy (non-hydrogen) atoms. The van der Waals surface area contributed by atoms with Gasteiger partial charge in [0.15, 0.2) is 6.61 Å². The van der Waals surface area contributed by atoms with E-state index in [0.717, 1.165) is 31.2 Å². The zero-order chi connectivity index (χ0) is 29.5. The lowest BCUT2D eigenvalue weighted by Gasteiger charge is -2.19. The van der Waals surface area contributed by atoms with E-state index in [1.54, 1.807) is 36.4 Å². The number of esters is 1. The van der Waals surface area contributed by atoms with Crippen LogP contribution in [0.1, 0.15) is 52.0 Å². The van der Waals surface area contributed by atoms with Crippen LogP contribution in [0.5, 0.6) is 0 Å². The van der Waals surface area contributed by atoms with Gasteiger partial charge in [0.1, 0.15) is 0 Å². The van der Waals surface area contributed by atoms with Crippen molar-refractivity contribution in [1.29, 1.82) is 0 Å². The third kappa shape index (κ3) is 5.19. The molecule has 3 aromatic carbocycles. The van der Waals surface area contributed by atoms with Crippen molar-refractivity contribution in [2.24, 2.45) is 11.8 Å². The van der Waals surface area contributed by atoms with Crippen LogP contribution in [0.4, 0.5) is 5.69 Å². The number of fused-ring (bicyclic) bond motifs is 2. The van der Waals surface area contributed by atoms with E-state index in [9.17, 15) is 19.2 Å². The summed E-state index contributed by atoms with van der Waals surface area (Å²) in [5.74, 6) is -1.85. The first kappa shape index (κ1) is 28.1. The summed E-state index contributed by atoms with van der Waals surface area (Å²) in [5.41, 5.74) is 3.69. The highest BCUT2D eigenvalue weighted by atomic mass is 35.5. The molecule has 2 heterocycles. The van der Waals surface area contributed by atoms with Gasteiger partial charge in [-0.3, -0.25) is 19.3 Å². The topological polar surface area (TPSA) is 93.6 Å². The lowest BCUT2D eigenvalue weighted by atomic mass is 9.81. The van der Waals surface area contributed by atoms with Crippen molar-refractivity contribution in [2.75, 3.05) is 11.5 Å². The minimum Gasteiger partial charge on any atom is -0.454 e. The number of carbonyl (C=O) groups is 4. The van der Waals surface area contributed by atoms with Gasteiger partial charge in [-0.25, -0.2) is 9.78 Å². The number of aromatic nitrogens is 1. The van der Waals surface area contributed by atoms with E-state index >= 15 is 0 Å². The molecule has 2 amide bonds. The van der Waals surface area contributed by atoms with Crippen molar-refractivity contribution in [2.45, 2.75) is 32.6 Å². The summed E-state index contributed by atoms with van der Waals surface area (Å²) in [4.78, 5) is 58.2. The average molecular weight is 601 g/mol. The van der Waals surface area contributed by atoms with E-state index in [1.165, 1.54) is 17.0 Å². The largest absolute Gasteiger partial charge is 0.454 e. The van der Waals surface area contributed by atoms with Crippen LogP contribution < -0.4 is 4.90 Å². The Hall–Kier alpha value is -4.07. The van der Waals surface area contributed by atoms with Gasteiger partial charge in [0.05, 0.1) is 39.3 Å². The number of anilines is 1. The van der Waals surface area contributed by atoms with Gasteiger partial charge < -0.3 is 4.74 Å². The Morgan fingerprint density at radius 1 is 0.881 bits per heavy atom. The third-order valence-corrected chi connectivity index (χ3v) is 8.56. The predicted molar refractivity (Wildman–Crippen MR) is 161 cm³/mol. The second-order valence-corrected chi connectivity index (χ2v) is 11.6. The number of ketones is 1. The van der Waals surface area contributed by atoms with E-state index in [0.29, 0.717) is 32.9 Å². The van der Waals surface area contributed by atoms with E-state index in [1.807, 2.05) is 25.1 Å². The van der Waals surface area contributed by atoms with Crippen molar-refractivity contribution < 1.29 is 23.9 Å². The zero-order valence-corrected chi connectivity index (χ0v) is 24.2. The molecular weight excluding hydrogens is 575 g/mol. The fourth-order valence-corrected chi connectivity index (χ4v) is 6.37. The fraction of sp³-hybridized carbons (Fsp3) is 0.242. The molecule has 9 heteroatoms. The first-order valence-electron chi connectivity index (χ1n) is 13.8. The minimum atomic E-state index is -0.680. The summed E-state index contributed by atoms with van der Waals surface area (Å²) >= 11 is 12.1. The maximum atomic E-state index is 13.3. The molecule has 2 fully saturated rings. The molecule has 1 aliphatic carbocycles. The molecule has 0 N–H and O–H groups in total. The van der Waals surface area contributed by atoms with Gasteiger partial charge in [-0.2, -0.15) is 0 Å². The first-order valence-corrected chi connectivity index (χ1v) is 14.5. The van der Waals surface area contributed by atoms with Crippen molar-refractivity contribution in [3.05, 3.63) is 93.5 Å². The number of hydrogen-bond donors (Lipinski definition) is 0. The molecule has 1 aromatic heterocycles. The molecule has 212 valence electrons. The van der Waals surface area contributed by atoms with Crippen LogP contribution in [0, 0.1) is 18.8 Å². The highest BCUT2D eigenvalue weighted by molar-refractivity contribution is 6.37. The number of pyridine rings is 1. The van der Waals surface area contributed by atoms with E-state index in [2.05, 4.69) is 0 Å². The summed E-state index contributed by atoms with van der Waals surface area (Å²) in [6.07, 6.45) is 3.44. The van der Waals surface area contributed by atoms with E-state index < -0.39 is 18.4 Å². The van der Waals surface area contributed by atoms with E-state index in [4.69, 9.17) is 32.9 Å². The summed E-state index contributed by atoms with van der Waals surface area (Å²) in [6.45, 7) is 1.41. The van der Waals surface area contributed by atoms with Crippen molar-refractivity contribution in [1.82, 2.24) is 4.98 Å². The number of hydrogen-bond acceptors (Lipinski definition) is 6. The van der Waals surface area contributed by atoms with Gasteiger partial charge in [-0.15, -0.1) is 0 Å². The Morgan fingerprint density at radius 3 is 2.24 bits per heavy atom. The summed E-state index contributed by atoms with van der Waals surface area (Å²) in [6, 6.07) is 18.7. The number of carbonyl (C=O) groups excluding carboxylic acids is 4. The van der Waals surface area contributed by atoms with Crippen LogP contribution in [-0.2, 0) is 14.3 Å². The van der Waals surface area contributed by atoms with Crippen LogP contribution in [0.2, 0.25) is 10.0 Å². The second-order valence-electron chi connectivity index (χ2n) is 10.8. The number of amides is 2. The third-order valence-electron chi connectivity index (χ3n) is 8.01. The second kappa shape index (κ2) is 11.3. The number of aryl methyl sites for hydroxylation is 1. The number of halogens is 2. The predicted octanol–water partition coefficient (Wildman–Crippen LogP) is 7.24. The van der Waals surface area contributed by atoms with Crippen LogP contribution in [0.15, 0.2) is 66.7 Å². The number of rotatable bonds is 6. The Balaban J connectivity index is 1.28. The molecular formula is C33H26Cl2N2O5. The minimum absolute atomic E-state index is 0.129. The van der Waals surface area contributed by atoms with Crippen LogP contribution in [0.3, 0.4) is 0 Å². The molecule has 1 saturated carbocycles. The fourth-order valence-electron chi connectivity index (χ4n) is 5.86. The number of benzene rings is 3. The molecule has 0 spiro atoms. The van der Waals surface area contributed by atoms with Crippen LogP contribution in [-0.4, -0.2) is 35.2 Å². The maximum absolute atomic E-state index is 13.3. The van der Waals surface area contributed by atoms with Crippen molar-refractivity contribution in [3.63, 3.8) is 0 Å². The molecule has 2 atom stereocenters. The average Bonchev–Trinajstić information content (AvgIpc) is 3.24. The smallest absolute Gasteiger partial charge is 0.339 e. The number of Topliss-reactive ketones (excluding diaryl/α,β-unsaturated/α-hetero) is 1. The van der Waals surface area contributed by atoms with Gasteiger partial charge in [0.2, 0.25) is 17.6 Å². The lowest BCUT2D eigenvalue weighted by molar-refractivity contribution is -0.122.